The summed E-state index contributed by atoms with van der Waals surface area (Å²) in [6.07, 6.45) is 2.59. The maximum absolute atomic E-state index is 5.57. The van der Waals surface area contributed by atoms with Gasteiger partial charge in [0.1, 0.15) is 5.76 Å². The van der Waals surface area contributed by atoms with E-state index in [0.29, 0.717) is 6.61 Å². The minimum Gasteiger partial charge on any atom is -0.493 e. The lowest BCUT2D eigenvalue weighted by molar-refractivity contribution is 0.310. The molecule has 0 aliphatic carbocycles. The summed E-state index contributed by atoms with van der Waals surface area (Å²) >= 11 is 0. The van der Waals surface area contributed by atoms with E-state index in [1.165, 1.54) is 5.56 Å². The van der Waals surface area contributed by atoms with Gasteiger partial charge in [-0.1, -0.05) is 6.07 Å². The number of furan rings is 1. The van der Waals surface area contributed by atoms with Crippen molar-refractivity contribution in [3.8, 4) is 11.5 Å². The third-order valence-electron chi connectivity index (χ3n) is 2.99. The Morgan fingerprint density at radius 1 is 1.20 bits per heavy atom. The number of methoxy groups -OCH3 is 1. The summed E-state index contributed by atoms with van der Waals surface area (Å²) in [5.41, 5.74) is 1.17. The molecular formula is C16H21NO3. The molecule has 1 aromatic heterocycles. The lowest BCUT2D eigenvalue weighted by atomic mass is 10.2. The fraction of sp³-hybridized carbons (Fsp3) is 0.375. The van der Waals surface area contributed by atoms with Gasteiger partial charge in [0, 0.05) is 19.5 Å². The second kappa shape index (κ2) is 7.60. The van der Waals surface area contributed by atoms with Crippen molar-refractivity contribution in [1.82, 2.24) is 5.32 Å². The average Bonchev–Trinajstić information content (AvgIpc) is 2.97. The van der Waals surface area contributed by atoms with Crippen LogP contribution in [0.4, 0.5) is 0 Å². The highest BCUT2D eigenvalue weighted by molar-refractivity contribution is 5.42. The minimum atomic E-state index is 0.631. The third kappa shape index (κ3) is 4.03. The van der Waals surface area contributed by atoms with Gasteiger partial charge in [0.15, 0.2) is 11.5 Å². The largest absolute Gasteiger partial charge is 0.493 e. The van der Waals surface area contributed by atoms with Crippen LogP contribution in [-0.2, 0) is 13.0 Å². The van der Waals surface area contributed by atoms with Gasteiger partial charge in [0.25, 0.3) is 0 Å². The maximum atomic E-state index is 5.57. The zero-order valence-electron chi connectivity index (χ0n) is 12.0. The molecule has 2 rings (SSSR count). The number of hydrogen-bond donors (Lipinski definition) is 1. The Balaban J connectivity index is 1.84. The van der Waals surface area contributed by atoms with Crippen LogP contribution in [0.2, 0.25) is 0 Å². The summed E-state index contributed by atoms with van der Waals surface area (Å²) in [5.74, 6) is 2.56. The van der Waals surface area contributed by atoms with Crippen LogP contribution in [0.1, 0.15) is 18.2 Å². The molecule has 4 heteroatoms. The first-order chi connectivity index (χ1) is 9.83. The third-order valence-corrected chi connectivity index (χ3v) is 2.99. The highest BCUT2D eigenvalue weighted by Gasteiger charge is 2.05. The van der Waals surface area contributed by atoms with E-state index in [1.807, 2.05) is 37.3 Å². The van der Waals surface area contributed by atoms with Crippen molar-refractivity contribution >= 4 is 0 Å². The van der Waals surface area contributed by atoms with Gasteiger partial charge in [-0.2, -0.15) is 0 Å². The maximum Gasteiger partial charge on any atom is 0.161 e. The molecule has 0 bridgehead atoms. The highest BCUT2D eigenvalue weighted by Crippen LogP contribution is 2.27. The quantitative estimate of drug-likeness (QED) is 0.752. The Kier molecular flexibility index (Phi) is 5.50. The molecule has 0 unspecified atom stereocenters. The summed E-state index contributed by atoms with van der Waals surface area (Å²) in [4.78, 5) is 0. The van der Waals surface area contributed by atoms with E-state index in [9.17, 15) is 0 Å². The van der Waals surface area contributed by atoms with Crippen molar-refractivity contribution in [2.24, 2.45) is 0 Å². The number of nitrogens with one attached hydrogen (secondary N) is 1. The van der Waals surface area contributed by atoms with Crippen molar-refractivity contribution in [3.05, 3.63) is 47.9 Å². The van der Waals surface area contributed by atoms with Crippen molar-refractivity contribution in [2.45, 2.75) is 19.9 Å². The molecule has 0 aliphatic heterocycles. The summed E-state index contributed by atoms with van der Waals surface area (Å²) in [6, 6.07) is 9.90. The van der Waals surface area contributed by atoms with E-state index < -0.39 is 0 Å². The normalized spacial score (nSPS) is 10.5. The number of hydrogen-bond acceptors (Lipinski definition) is 4. The molecule has 0 atom stereocenters. The molecule has 0 saturated carbocycles. The zero-order chi connectivity index (χ0) is 14.2. The van der Waals surface area contributed by atoms with Gasteiger partial charge >= 0.3 is 0 Å². The first-order valence-electron chi connectivity index (χ1n) is 6.86. The van der Waals surface area contributed by atoms with Crippen LogP contribution < -0.4 is 14.8 Å². The summed E-state index contributed by atoms with van der Waals surface area (Å²) in [6.45, 7) is 4.27. The monoisotopic (exact) mass is 275 g/mol. The SMILES string of the molecule is CCOc1cc(CNCCc2ccco2)ccc1OC. The number of rotatable bonds is 8. The zero-order valence-corrected chi connectivity index (χ0v) is 12.0. The van der Waals surface area contributed by atoms with Crippen LogP contribution in [-0.4, -0.2) is 20.3 Å². The predicted molar refractivity (Wildman–Crippen MR) is 78.3 cm³/mol. The van der Waals surface area contributed by atoms with Gasteiger partial charge in [-0.15, -0.1) is 0 Å². The highest BCUT2D eigenvalue weighted by atomic mass is 16.5. The Bertz CT molecular complexity index is 508. The van der Waals surface area contributed by atoms with Crippen LogP contribution >= 0.6 is 0 Å². The van der Waals surface area contributed by atoms with Gasteiger partial charge in [-0.25, -0.2) is 0 Å². The number of benzene rings is 1. The molecule has 0 aliphatic rings. The lowest BCUT2D eigenvalue weighted by Gasteiger charge is -2.11. The van der Waals surface area contributed by atoms with Crippen LogP contribution in [0, 0.1) is 0 Å². The van der Waals surface area contributed by atoms with Gasteiger partial charge < -0.3 is 19.2 Å². The van der Waals surface area contributed by atoms with Crippen molar-refractivity contribution in [2.75, 3.05) is 20.3 Å². The first-order valence-corrected chi connectivity index (χ1v) is 6.86. The minimum absolute atomic E-state index is 0.631. The van der Waals surface area contributed by atoms with Crippen molar-refractivity contribution in [3.63, 3.8) is 0 Å². The topological polar surface area (TPSA) is 43.6 Å². The van der Waals surface area contributed by atoms with E-state index in [1.54, 1.807) is 13.4 Å². The Hall–Kier alpha value is -1.94. The molecule has 4 nitrogen and oxygen atoms in total. The van der Waals surface area contributed by atoms with Crippen molar-refractivity contribution < 1.29 is 13.9 Å². The summed E-state index contributed by atoms with van der Waals surface area (Å²) in [5, 5.41) is 3.39. The molecular weight excluding hydrogens is 254 g/mol. The molecule has 0 fully saturated rings. The van der Waals surface area contributed by atoms with Gasteiger partial charge in [-0.3, -0.25) is 0 Å². The molecule has 108 valence electrons. The molecule has 1 N–H and O–H groups in total. The molecule has 1 heterocycles. The van der Waals surface area contributed by atoms with Gasteiger partial charge in [-0.05, 0) is 36.8 Å². The summed E-state index contributed by atoms with van der Waals surface area (Å²) in [7, 11) is 1.65. The molecule has 0 spiro atoms. The average molecular weight is 275 g/mol. The smallest absolute Gasteiger partial charge is 0.161 e. The van der Waals surface area contributed by atoms with E-state index in [0.717, 1.165) is 36.8 Å². The second-order valence-corrected chi connectivity index (χ2v) is 4.42. The van der Waals surface area contributed by atoms with Crippen LogP contribution in [0.15, 0.2) is 41.0 Å². The molecule has 0 radical (unpaired) electrons. The number of ether oxygens (including phenoxy) is 2. The van der Waals surface area contributed by atoms with Crippen molar-refractivity contribution in [1.29, 1.82) is 0 Å². The van der Waals surface area contributed by atoms with Crippen LogP contribution in [0.5, 0.6) is 11.5 Å². The lowest BCUT2D eigenvalue weighted by Crippen LogP contribution is -2.16. The van der Waals surface area contributed by atoms with Gasteiger partial charge in [0.2, 0.25) is 0 Å². The molecule has 20 heavy (non-hydrogen) atoms. The molecule has 0 amide bonds. The second-order valence-electron chi connectivity index (χ2n) is 4.42. The fourth-order valence-corrected chi connectivity index (χ4v) is 2.00. The summed E-state index contributed by atoms with van der Waals surface area (Å²) < 4.78 is 16.1. The van der Waals surface area contributed by atoms with Crippen LogP contribution in [0.25, 0.3) is 0 Å². The Morgan fingerprint density at radius 2 is 2.10 bits per heavy atom. The fourth-order valence-electron chi connectivity index (χ4n) is 2.00. The molecule has 1 aromatic carbocycles. The Labute approximate surface area is 119 Å². The molecule has 2 aromatic rings. The van der Waals surface area contributed by atoms with E-state index in [2.05, 4.69) is 5.32 Å². The standard InChI is InChI=1S/C16H21NO3/c1-3-19-16-11-13(6-7-15(16)18-2)12-17-9-8-14-5-4-10-20-14/h4-7,10-11,17H,3,8-9,12H2,1-2H3. The predicted octanol–water partition coefficient (Wildman–Crippen LogP) is 3.02. The van der Waals surface area contributed by atoms with Gasteiger partial charge in [0.05, 0.1) is 20.0 Å². The van der Waals surface area contributed by atoms with Crippen LogP contribution in [0.3, 0.4) is 0 Å². The van der Waals surface area contributed by atoms with E-state index in [4.69, 9.17) is 13.9 Å². The molecule has 0 saturated heterocycles. The van der Waals surface area contributed by atoms with E-state index >= 15 is 0 Å². The Morgan fingerprint density at radius 3 is 2.80 bits per heavy atom. The van der Waals surface area contributed by atoms with E-state index in [-0.39, 0.29) is 0 Å². The first kappa shape index (κ1) is 14.5.